The highest BCUT2D eigenvalue weighted by molar-refractivity contribution is 5.69. The van der Waals surface area contributed by atoms with Gasteiger partial charge in [0, 0.05) is 40.4 Å². The molecule has 4 heterocycles. The van der Waals surface area contributed by atoms with Crippen LogP contribution < -0.4 is 0 Å². The molecule has 1 saturated carbocycles. The summed E-state index contributed by atoms with van der Waals surface area (Å²) < 4.78 is 29.8. The van der Waals surface area contributed by atoms with E-state index >= 15 is 0 Å². The molecule has 35 heavy (non-hydrogen) atoms. The van der Waals surface area contributed by atoms with E-state index in [1.165, 1.54) is 5.57 Å². The van der Waals surface area contributed by atoms with E-state index in [2.05, 4.69) is 31.7 Å². The predicted octanol–water partition coefficient (Wildman–Crippen LogP) is 3.24. The summed E-state index contributed by atoms with van der Waals surface area (Å²) in [7, 11) is 3.52. The monoisotopic (exact) mass is 492 g/mol. The summed E-state index contributed by atoms with van der Waals surface area (Å²) in [4.78, 5) is 17.3. The summed E-state index contributed by atoms with van der Waals surface area (Å²) in [5.74, 6) is 0.613. The summed E-state index contributed by atoms with van der Waals surface area (Å²) in [6, 6.07) is 0. The van der Waals surface area contributed by atoms with Crippen molar-refractivity contribution in [1.29, 1.82) is 0 Å². The van der Waals surface area contributed by atoms with Crippen LogP contribution in [0.25, 0.3) is 0 Å². The fraction of sp³-hybridized carbons (Fsp3) is 0.889. The number of methoxy groups -OCH3 is 2. The van der Waals surface area contributed by atoms with E-state index in [0.717, 1.165) is 71.4 Å². The zero-order valence-electron chi connectivity index (χ0n) is 22.2. The van der Waals surface area contributed by atoms with Gasteiger partial charge in [-0.3, -0.25) is 0 Å². The van der Waals surface area contributed by atoms with Gasteiger partial charge in [-0.2, -0.15) is 0 Å². The van der Waals surface area contributed by atoms with Crippen LogP contribution in [-0.4, -0.2) is 105 Å². The van der Waals surface area contributed by atoms with Crippen LogP contribution in [0.5, 0.6) is 0 Å². The number of hydrogen-bond acceptors (Lipinski definition) is 7. The molecule has 0 aromatic carbocycles. The molecule has 5 fully saturated rings. The zero-order valence-corrected chi connectivity index (χ0v) is 22.2. The van der Waals surface area contributed by atoms with Crippen molar-refractivity contribution < 1.29 is 28.5 Å². The first kappa shape index (κ1) is 25.5. The SMILES string of the molecule is CO[C@H]1CCN(CCC2CN(C(=O)O[C@@H]3CC[C@]4(CO4)C([C@@]4(C)O[C@@H]4CC=C(C)C)[C@@H]3OC)C2)C1. The van der Waals surface area contributed by atoms with Crippen LogP contribution in [0.1, 0.15) is 52.9 Å². The van der Waals surface area contributed by atoms with Crippen molar-refractivity contribution in [2.75, 3.05) is 53.6 Å². The Labute approximate surface area is 210 Å². The van der Waals surface area contributed by atoms with Gasteiger partial charge in [-0.1, -0.05) is 11.6 Å². The fourth-order valence-electron chi connectivity index (χ4n) is 6.73. The number of allylic oxidation sites excluding steroid dienone is 1. The predicted molar refractivity (Wildman–Crippen MR) is 131 cm³/mol. The Balaban J connectivity index is 1.12. The van der Waals surface area contributed by atoms with Crippen molar-refractivity contribution in [3.63, 3.8) is 0 Å². The summed E-state index contributed by atoms with van der Waals surface area (Å²) in [6.45, 7) is 11.9. The molecule has 0 radical (unpaired) electrons. The first-order valence-electron chi connectivity index (χ1n) is 13.5. The van der Waals surface area contributed by atoms with Crippen molar-refractivity contribution in [2.24, 2.45) is 11.8 Å². The minimum atomic E-state index is -0.312. The van der Waals surface area contributed by atoms with Gasteiger partial charge in [0.05, 0.1) is 24.7 Å². The van der Waals surface area contributed by atoms with Crippen molar-refractivity contribution >= 4 is 6.09 Å². The summed E-state index contributed by atoms with van der Waals surface area (Å²) in [6.07, 6.45) is 6.84. The Morgan fingerprint density at radius 1 is 1.14 bits per heavy atom. The summed E-state index contributed by atoms with van der Waals surface area (Å²) in [5.41, 5.74) is 0.788. The molecule has 4 saturated heterocycles. The number of carbonyl (C=O) groups excluding carboxylic acids is 1. The Kier molecular flexibility index (Phi) is 7.23. The third-order valence-electron chi connectivity index (χ3n) is 9.12. The van der Waals surface area contributed by atoms with Crippen LogP contribution in [-0.2, 0) is 23.7 Å². The lowest BCUT2D eigenvalue weighted by molar-refractivity contribution is -0.124. The number of likely N-dealkylation sites (tertiary alicyclic amines) is 2. The van der Waals surface area contributed by atoms with E-state index in [-0.39, 0.29) is 41.5 Å². The van der Waals surface area contributed by atoms with Crippen LogP contribution in [0.15, 0.2) is 11.6 Å². The lowest BCUT2D eigenvalue weighted by Gasteiger charge is -2.44. The third-order valence-corrected chi connectivity index (χ3v) is 9.12. The summed E-state index contributed by atoms with van der Waals surface area (Å²) in [5, 5.41) is 0. The number of amides is 1. The fourth-order valence-corrected chi connectivity index (χ4v) is 6.73. The molecule has 1 amide bonds. The highest BCUT2D eigenvalue weighted by atomic mass is 16.6. The lowest BCUT2D eigenvalue weighted by Crippen LogP contribution is -2.57. The Hall–Kier alpha value is -1.19. The average Bonchev–Trinajstić information content (AvgIpc) is 3.66. The first-order chi connectivity index (χ1) is 16.8. The molecule has 7 atom stereocenters. The topological polar surface area (TPSA) is 76.3 Å². The van der Waals surface area contributed by atoms with Gasteiger partial charge in [0.1, 0.15) is 23.4 Å². The molecule has 8 heteroatoms. The van der Waals surface area contributed by atoms with Gasteiger partial charge >= 0.3 is 6.09 Å². The van der Waals surface area contributed by atoms with Crippen LogP contribution in [0, 0.1) is 11.8 Å². The molecular formula is C27H44N2O6. The molecule has 0 aromatic rings. The highest BCUT2D eigenvalue weighted by Crippen LogP contribution is 2.59. The number of hydrogen-bond donors (Lipinski definition) is 0. The van der Waals surface area contributed by atoms with Gasteiger partial charge < -0.3 is 33.5 Å². The zero-order chi connectivity index (χ0) is 24.8. The van der Waals surface area contributed by atoms with Crippen LogP contribution in [0.3, 0.4) is 0 Å². The van der Waals surface area contributed by atoms with Gasteiger partial charge in [0.15, 0.2) is 0 Å². The van der Waals surface area contributed by atoms with E-state index in [4.69, 9.17) is 23.7 Å². The van der Waals surface area contributed by atoms with Crippen molar-refractivity contribution in [3.05, 3.63) is 11.6 Å². The Morgan fingerprint density at radius 3 is 2.54 bits per heavy atom. The molecule has 1 spiro atoms. The molecule has 4 aliphatic heterocycles. The molecular weight excluding hydrogens is 448 g/mol. The number of nitrogens with zero attached hydrogens (tertiary/aromatic N) is 2. The van der Waals surface area contributed by atoms with E-state index in [1.807, 2.05) is 4.90 Å². The lowest BCUT2D eigenvalue weighted by atomic mass is 9.68. The molecule has 198 valence electrons. The van der Waals surface area contributed by atoms with Gasteiger partial charge in [0.2, 0.25) is 0 Å². The van der Waals surface area contributed by atoms with E-state index < -0.39 is 0 Å². The first-order valence-corrected chi connectivity index (χ1v) is 13.5. The normalized spacial score (nSPS) is 41.1. The quantitative estimate of drug-likeness (QED) is 0.361. The maximum Gasteiger partial charge on any atom is 0.410 e. The minimum absolute atomic E-state index is 0.0580. The summed E-state index contributed by atoms with van der Waals surface area (Å²) >= 11 is 0. The molecule has 1 aliphatic carbocycles. The van der Waals surface area contributed by atoms with Crippen LogP contribution in [0.2, 0.25) is 0 Å². The van der Waals surface area contributed by atoms with Crippen LogP contribution >= 0.6 is 0 Å². The highest BCUT2D eigenvalue weighted by Gasteiger charge is 2.72. The standard InChI is InChI=1S/C27H44N2O6/c1-18(2)6-7-22-26(3,35-22)24-23(32-5)21(8-11-27(24)17-33-27)34-25(30)29-14-19(15-29)9-12-28-13-10-20(16-28)31-4/h6,19-24H,7-17H2,1-5H3/t20-,21+,22+,23+,24?,26-,27-/m0/s1. The molecule has 0 bridgehead atoms. The molecule has 5 aliphatic rings. The Bertz CT molecular complexity index is 805. The van der Waals surface area contributed by atoms with Gasteiger partial charge in [-0.25, -0.2) is 4.79 Å². The van der Waals surface area contributed by atoms with Crippen molar-refractivity contribution in [2.45, 2.75) is 88.5 Å². The molecule has 0 aromatic heterocycles. The molecule has 1 unspecified atom stereocenters. The molecule has 0 N–H and O–H groups in total. The molecule has 8 nitrogen and oxygen atoms in total. The second-order valence-corrected chi connectivity index (χ2v) is 11.8. The van der Waals surface area contributed by atoms with Gasteiger partial charge in [-0.15, -0.1) is 0 Å². The van der Waals surface area contributed by atoms with Crippen molar-refractivity contribution in [1.82, 2.24) is 9.80 Å². The third kappa shape index (κ3) is 5.14. The molecule has 5 rings (SSSR count). The maximum absolute atomic E-state index is 13.0. The Morgan fingerprint density at radius 2 is 1.91 bits per heavy atom. The smallest absolute Gasteiger partial charge is 0.410 e. The number of ether oxygens (including phenoxy) is 5. The van der Waals surface area contributed by atoms with E-state index in [9.17, 15) is 4.79 Å². The number of epoxide rings is 2. The van der Waals surface area contributed by atoms with Gasteiger partial charge in [-0.05, 0) is 65.3 Å². The van der Waals surface area contributed by atoms with E-state index in [1.54, 1.807) is 14.2 Å². The maximum atomic E-state index is 13.0. The number of carbonyl (C=O) groups is 1. The van der Waals surface area contributed by atoms with Crippen molar-refractivity contribution in [3.8, 4) is 0 Å². The number of rotatable bonds is 9. The van der Waals surface area contributed by atoms with Gasteiger partial charge in [0.25, 0.3) is 0 Å². The average molecular weight is 493 g/mol. The second kappa shape index (κ2) is 9.93. The second-order valence-electron chi connectivity index (χ2n) is 11.8. The largest absolute Gasteiger partial charge is 0.443 e. The minimum Gasteiger partial charge on any atom is -0.443 e. The van der Waals surface area contributed by atoms with E-state index in [0.29, 0.717) is 12.0 Å². The van der Waals surface area contributed by atoms with Crippen LogP contribution in [0.4, 0.5) is 4.79 Å².